The van der Waals surface area contributed by atoms with Crippen LogP contribution in [0, 0.1) is 0 Å². The van der Waals surface area contributed by atoms with E-state index in [9.17, 15) is 22.8 Å². The molecule has 2 N–H and O–H groups in total. The van der Waals surface area contributed by atoms with E-state index in [0.29, 0.717) is 38.8 Å². The number of alkyl halides is 3. The van der Waals surface area contributed by atoms with E-state index in [1.165, 1.54) is 0 Å². The highest BCUT2D eigenvalue weighted by Crippen LogP contribution is 2.14. The van der Waals surface area contributed by atoms with Crippen LogP contribution in [0.3, 0.4) is 0 Å². The summed E-state index contributed by atoms with van der Waals surface area (Å²) in [6.45, 7) is 2.67. The fourth-order valence-electron chi connectivity index (χ4n) is 1.79. The number of aliphatic hydroxyl groups excluding tert-OH is 1. The van der Waals surface area contributed by atoms with Crippen LogP contribution in [-0.2, 0) is 9.59 Å². The van der Waals surface area contributed by atoms with Crippen molar-refractivity contribution in [2.24, 2.45) is 0 Å². The lowest BCUT2D eigenvalue weighted by Crippen LogP contribution is -2.37. The summed E-state index contributed by atoms with van der Waals surface area (Å²) < 4.78 is 35.6. The van der Waals surface area contributed by atoms with E-state index in [1.54, 1.807) is 10.2 Å². The molecule has 124 valence electrons. The van der Waals surface area contributed by atoms with Crippen molar-refractivity contribution in [3.63, 3.8) is 0 Å². The zero-order valence-corrected chi connectivity index (χ0v) is 12.2. The Hall–Kier alpha value is -1.31. The number of carbonyl (C=O) groups is 2. The molecule has 0 saturated carbocycles. The van der Waals surface area contributed by atoms with Crippen molar-refractivity contribution in [2.45, 2.75) is 45.2 Å². The van der Waals surface area contributed by atoms with E-state index in [0.717, 1.165) is 6.42 Å². The molecule has 0 fully saturated rings. The van der Waals surface area contributed by atoms with Gasteiger partial charge in [-0.3, -0.25) is 9.59 Å². The third-order valence-corrected chi connectivity index (χ3v) is 2.83. The van der Waals surface area contributed by atoms with E-state index in [-0.39, 0.29) is 19.1 Å². The quantitative estimate of drug-likeness (QED) is 0.600. The first-order valence-electron chi connectivity index (χ1n) is 7.06. The lowest BCUT2D eigenvalue weighted by molar-refractivity contribution is -0.173. The number of amides is 2. The summed E-state index contributed by atoms with van der Waals surface area (Å²) in [6, 6.07) is 0. The number of nitrogens with one attached hydrogen (secondary N) is 1. The topological polar surface area (TPSA) is 69.6 Å². The number of halogens is 3. The fraction of sp³-hybridized carbons (Fsp3) is 0.846. The van der Waals surface area contributed by atoms with Crippen molar-refractivity contribution in [2.75, 3.05) is 26.2 Å². The second-order valence-corrected chi connectivity index (χ2v) is 4.67. The van der Waals surface area contributed by atoms with Gasteiger partial charge in [0.05, 0.1) is 6.61 Å². The molecular weight excluding hydrogens is 289 g/mol. The van der Waals surface area contributed by atoms with Crippen LogP contribution in [0.4, 0.5) is 13.2 Å². The summed E-state index contributed by atoms with van der Waals surface area (Å²) in [7, 11) is 0. The summed E-state index contributed by atoms with van der Waals surface area (Å²) in [5.41, 5.74) is 0. The lowest BCUT2D eigenvalue weighted by atomic mass is 10.1. The molecule has 0 aromatic heterocycles. The molecule has 0 aliphatic rings. The molecule has 0 radical (unpaired) electrons. The van der Waals surface area contributed by atoms with E-state index < -0.39 is 12.1 Å². The Bertz CT molecular complexity index is 316. The molecule has 2 amide bonds. The zero-order valence-electron chi connectivity index (χ0n) is 12.2. The summed E-state index contributed by atoms with van der Waals surface area (Å²) in [6.07, 6.45) is -2.25. The predicted molar refractivity (Wildman–Crippen MR) is 71.5 cm³/mol. The molecular formula is C13H23F3N2O3. The summed E-state index contributed by atoms with van der Waals surface area (Å²) in [5.74, 6) is -2.00. The van der Waals surface area contributed by atoms with Gasteiger partial charge in [-0.05, 0) is 19.3 Å². The molecule has 5 nitrogen and oxygen atoms in total. The number of hydrogen-bond acceptors (Lipinski definition) is 3. The summed E-state index contributed by atoms with van der Waals surface area (Å²) in [4.78, 5) is 23.9. The average molecular weight is 312 g/mol. The van der Waals surface area contributed by atoms with Gasteiger partial charge < -0.3 is 15.3 Å². The molecule has 21 heavy (non-hydrogen) atoms. The molecule has 0 aliphatic heterocycles. The number of hydrogen-bond donors (Lipinski definition) is 2. The van der Waals surface area contributed by atoms with Crippen molar-refractivity contribution in [3.05, 3.63) is 0 Å². The maximum absolute atomic E-state index is 11.9. The van der Waals surface area contributed by atoms with Crippen molar-refractivity contribution in [1.29, 1.82) is 0 Å². The molecule has 0 aliphatic carbocycles. The fourth-order valence-corrected chi connectivity index (χ4v) is 1.79. The molecule has 0 aromatic rings. The standard InChI is InChI=1S/C13H23F3N2O3/c1-2-8-18(9-10-19)11(20)6-4-3-5-7-17-12(21)13(14,15)16/h19H,2-10H2,1H3,(H,17,21). The van der Waals surface area contributed by atoms with E-state index >= 15 is 0 Å². The van der Waals surface area contributed by atoms with Crippen LogP contribution in [0.25, 0.3) is 0 Å². The van der Waals surface area contributed by atoms with Gasteiger partial charge in [-0.15, -0.1) is 0 Å². The largest absolute Gasteiger partial charge is 0.471 e. The van der Waals surface area contributed by atoms with E-state index in [4.69, 9.17) is 5.11 Å². The van der Waals surface area contributed by atoms with Gasteiger partial charge in [-0.25, -0.2) is 0 Å². The zero-order chi connectivity index (χ0) is 16.3. The first kappa shape index (κ1) is 19.7. The smallest absolute Gasteiger partial charge is 0.395 e. The second kappa shape index (κ2) is 10.4. The molecule has 0 unspecified atom stereocenters. The highest BCUT2D eigenvalue weighted by atomic mass is 19.4. The minimum Gasteiger partial charge on any atom is -0.395 e. The number of nitrogens with zero attached hydrogens (tertiary/aromatic N) is 1. The van der Waals surface area contributed by atoms with Gasteiger partial charge in [0.2, 0.25) is 5.91 Å². The van der Waals surface area contributed by atoms with Crippen LogP contribution in [-0.4, -0.2) is 54.2 Å². The van der Waals surface area contributed by atoms with Crippen LogP contribution in [0.5, 0.6) is 0 Å². The first-order valence-corrected chi connectivity index (χ1v) is 7.06. The Morgan fingerprint density at radius 2 is 1.81 bits per heavy atom. The maximum Gasteiger partial charge on any atom is 0.471 e. The van der Waals surface area contributed by atoms with Crippen LogP contribution in [0.2, 0.25) is 0 Å². The van der Waals surface area contributed by atoms with Crippen LogP contribution in [0.15, 0.2) is 0 Å². The highest BCUT2D eigenvalue weighted by molar-refractivity contribution is 5.81. The third-order valence-electron chi connectivity index (χ3n) is 2.83. The Balaban J connectivity index is 3.75. The Morgan fingerprint density at radius 3 is 2.33 bits per heavy atom. The predicted octanol–water partition coefficient (Wildman–Crippen LogP) is 1.46. The average Bonchev–Trinajstić information content (AvgIpc) is 2.40. The molecule has 0 atom stereocenters. The van der Waals surface area contributed by atoms with Crippen molar-refractivity contribution >= 4 is 11.8 Å². The number of unbranched alkanes of at least 4 members (excludes halogenated alkanes) is 2. The minimum absolute atomic E-state index is 0.0537. The van der Waals surface area contributed by atoms with Crippen LogP contribution in [0.1, 0.15) is 39.0 Å². The number of carbonyl (C=O) groups excluding carboxylic acids is 2. The molecule has 0 heterocycles. The van der Waals surface area contributed by atoms with Crippen LogP contribution < -0.4 is 5.32 Å². The minimum atomic E-state index is -4.85. The summed E-state index contributed by atoms with van der Waals surface area (Å²) >= 11 is 0. The SMILES string of the molecule is CCCN(CCO)C(=O)CCCCCNC(=O)C(F)(F)F. The van der Waals surface area contributed by atoms with E-state index in [1.807, 2.05) is 6.92 Å². The van der Waals surface area contributed by atoms with Gasteiger partial charge in [-0.2, -0.15) is 13.2 Å². The first-order chi connectivity index (χ1) is 9.82. The van der Waals surface area contributed by atoms with Gasteiger partial charge in [0, 0.05) is 26.1 Å². The number of rotatable bonds is 10. The molecule has 0 aromatic carbocycles. The Morgan fingerprint density at radius 1 is 1.14 bits per heavy atom. The molecule has 0 saturated heterocycles. The summed E-state index contributed by atoms with van der Waals surface area (Å²) in [5, 5.41) is 10.6. The third kappa shape index (κ3) is 9.28. The molecule has 0 bridgehead atoms. The van der Waals surface area contributed by atoms with Gasteiger partial charge in [0.25, 0.3) is 0 Å². The normalized spacial score (nSPS) is 11.3. The maximum atomic E-state index is 11.9. The van der Waals surface area contributed by atoms with Crippen LogP contribution >= 0.6 is 0 Å². The van der Waals surface area contributed by atoms with Gasteiger partial charge >= 0.3 is 12.1 Å². The van der Waals surface area contributed by atoms with Crippen molar-refractivity contribution in [3.8, 4) is 0 Å². The monoisotopic (exact) mass is 312 g/mol. The van der Waals surface area contributed by atoms with E-state index in [2.05, 4.69) is 0 Å². The van der Waals surface area contributed by atoms with Gasteiger partial charge in [0.1, 0.15) is 0 Å². The van der Waals surface area contributed by atoms with Crippen molar-refractivity contribution < 1.29 is 27.9 Å². The highest BCUT2D eigenvalue weighted by Gasteiger charge is 2.38. The molecule has 8 heteroatoms. The Kier molecular flexibility index (Phi) is 9.77. The Labute approximate surface area is 122 Å². The second-order valence-electron chi connectivity index (χ2n) is 4.67. The lowest BCUT2D eigenvalue weighted by Gasteiger charge is -2.20. The van der Waals surface area contributed by atoms with Gasteiger partial charge in [0.15, 0.2) is 0 Å². The van der Waals surface area contributed by atoms with Crippen molar-refractivity contribution in [1.82, 2.24) is 10.2 Å². The number of aliphatic hydroxyl groups is 1. The molecule has 0 rings (SSSR count). The molecule has 0 spiro atoms. The van der Waals surface area contributed by atoms with Gasteiger partial charge in [-0.1, -0.05) is 13.3 Å².